The van der Waals surface area contributed by atoms with Gasteiger partial charge in [-0.3, -0.25) is 0 Å². The van der Waals surface area contributed by atoms with Crippen molar-refractivity contribution in [2.75, 3.05) is 0 Å². The largest absolute Gasteiger partial charge is 0.385 e. The smallest absolute Gasteiger partial charge is 0.0965 e. The number of thioether (sulfide) groups is 1. The molecule has 0 aliphatic carbocycles. The molecule has 1 nitrogen and oxygen atoms in total. The first-order valence-electron chi connectivity index (χ1n) is 8.42. The summed E-state index contributed by atoms with van der Waals surface area (Å²) in [7, 11) is 0. The van der Waals surface area contributed by atoms with Gasteiger partial charge < -0.3 is 5.11 Å². The first kappa shape index (κ1) is 19.8. The van der Waals surface area contributed by atoms with Crippen LogP contribution in [0.25, 0.3) is 0 Å². The molecule has 0 aliphatic rings. The highest BCUT2D eigenvalue weighted by Gasteiger charge is 2.29. The molecule has 0 spiro atoms. The summed E-state index contributed by atoms with van der Waals surface area (Å²) in [6.45, 7) is 4.40. The molecular formula is C19H29BrOS. The van der Waals surface area contributed by atoms with Crippen molar-refractivity contribution in [2.45, 2.75) is 75.7 Å². The van der Waals surface area contributed by atoms with Gasteiger partial charge in [0.15, 0.2) is 0 Å². The number of rotatable bonds is 11. The van der Waals surface area contributed by atoms with Crippen LogP contribution in [0.4, 0.5) is 0 Å². The van der Waals surface area contributed by atoms with Crippen molar-refractivity contribution in [3.8, 4) is 0 Å². The molecule has 1 N–H and O–H groups in total. The van der Waals surface area contributed by atoms with Crippen LogP contribution in [0.15, 0.2) is 45.1 Å². The molecule has 0 aromatic heterocycles. The summed E-state index contributed by atoms with van der Waals surface area (Å²) in [4.78, 5) is 1.20. The van der Waals surface area contributed by atoms with E-state index in [1.165, 1.54) is 30.6 Å². The third-order valence-corrected chi connectivity index (χ3v) is 6.04. The lowest BCUT2D eigenvalue weighted by atomic mass is 9.90. The maximum absolute atomic E-state index is 11.1. The number of halogens is 1. The summed E-state index contributed by atoms with van der Waals surface area (Å²) in [6.07, 6.45) is 8.59. The highest BCUT2D eigenvalue weighted by atomic mass is 79.9. The SMILES string of the molecule is CCCCCC(O)(CCCCC)/C(Br)=C/Sc1ccccc1. The van der Waals surface area contributed by atoms with Crippen LogP contribution in [0.2, 0.25) is 0 Å². The maximum Gasteiger partial charge on any atom is 0.0965 e. The van der Waals surface area contributed by atoms with Gasteiger partial charge in [0.2, 0.25) is 0 Å². The lowest BCUT2D eigenvalue weighted by Crippen LogP contribution is -2.29. The van der Waals surface area contributed by atoms with E-state index in [9.17, 15) is 5.11 Å². The second kappa shape index (κ2) is 11.3. The van der Waals surface area contributed by atoms with Gasteiger partial charge in [-0.2, -0.15) is 0 Å². The van der Waals surface area contributed by atoms with Gasteiger partial charge in [0.25, 0.3) is 0 Å². The van der Waals surface area contributed by atoms with Gasteiger partial charge in [-0.15, -0.1) is 0 Å². The van der Waals surface area contributed by atoms with E-state index in [1.807, 2.05) is 18.2 Å². The Morgan fingerprint density at radius 3 is 2.09 bits per heavy atom. The van der Waals surface area contributed by atoms with Crippen molar-refractivity contribution in [1.29, 1.82) is 0 Å². The van der Waals surface area contributed by atoms with E-state index < -0.39 is 5.60 Å². The van der Waals surface area contributed by atoms with Crippen molar-refractivity contribution in [1.82, 2.24) is 0 Å². The van der Waals surface area contributed by atoms with Crippen LogP contribution in [-0.4, -0.2) is 10.7 Å². The van der Waals surface area contributed by atoms with Crippen LogP contribution < -0.4 is 0 Å². The van der Waals surface area contributed by atoms with Gasteiger partial charge >= 0.3 is 0 Å². The Morgan fingerprint density at radius 2 is 1.59 bits per heavy atom. The normalized spacial score (nSPS) is 12.6. The molecule has 0 heterocycles. The van der Waals surface area contributed by atoms with Crippen LogP contribution in [0.3, 0.4) is 0 Å². The van der Waals surface area contributed by atoms with E-state index in [0.717, 1.165) is 30.2 Å². The van der Waals surface area contributed by atoms with Crippen molar-refractivity contribution in [3.63, 3.8) is 0 Å². The Balaban J connectivity index is 2.69. The third-order valence-electron chi connectivity index (χ3n) is 3.87. The molecule has 0 saturated heterocycles. The highest BCUT2D eigenvalue weighted by molar-refractivity contribution is 9.11. The van der Waals surface area contributed by atoms with Crippen molar-refractivity contribution in [3.05, 3.63) is 40.2 Å². The quantitative estimate of drug-likeness (QED) is 0.330. The fourth-order valence-corrected chi connectivity index (χ4v) is 3.88. The average molecular weight is 385 g/mol. The second-order valence-corrected chi connectivity index (χ2v) is 7.64. The Hall–Kier alpha value is -0.250. The van der Waals surface area contributed by atoms with Crippen molar-refractivity contribution in [2.24, 2.45) is 0 Å². The molecule has 0 amide bonds. The van der Waals surface area contributed by atoms with Gasteiger partial charge in [-0.25, -0.2) is 0 Å². The van der Waals surface area contributed by atoms with Crippen LogP contribution in [0.5, 0.6) is 0 Å². The third kappa shape index (κ3) is 7.34. The zero-order chi connectivity index (χ0) is 16.3. The molecule has 0 aliphatic heterocycles. The minimum Gasteiger partial charge on any atom is -0.385 e. The molecule has 1 aromatic rings. The molecule has 0 atom stereocenters. The Morgan fingerprint density at radius 1 is 1.05 bits per heavy atom. The summed E-state index contributed by atoms with van der Waals surface area (Å²) >= 11 is 5.32. The minimum absolute atomic E-state index is 0.702. The molecule has 1 aromatic carbocycles. The number of unbranched alkanes of at least 4 members (excludes halogenated alkanes) is 4. The lowest BCUT2D eigenvalue weighted by Gasteiger charge is -2.28. The van der Waals surface area contributed by atoms with Gasteiger partial charge in [-0.05, 0) is 30.4 Å². The molecule has 0 fully saturated rings. The first-order chi connectivity index (χ1) is 10.6. The molecule has 0 radical (unpaired) electrons. The number of aliphatic hydroxyl groups is 1. The summed E-state index contributed by atoms with van der Waals surface area (Å²) in [5.41, 5.74) is -0.702. The van der Waals surface area contributed by atoms with E-state index in [1.54, 1.807) is 11.8 Å². The molecule has 0 bridgehead atoms. The lowest BCUT2D eigenvalue weighted by molar-refractivity contribution is 0.0637. The van der Waals surface area contributed by atoms with E-state index in [2.05, 4.69) is 47.3 Å². The predicted octanol–water partition coefficient (Wildman–Crippen LogP) is 6.91. The first-order valence-corrected chi connectivity index (χ1v) is 10.1. The molecule has 3 heteroatoms. The van der Waals surface area contributed by atoms with Gasteiger partial charge in [-0.1, -0.05) is 98.3 Å². The fraction of sp³-hybridized carbons (Fsp3) is 0.579. The summed E-state index contributed by atoms with van der Waals surface area (Å²) < 4.78 is 0.932. The average Bonchev–Trinajstić information content (AvgIpc) is 2.54. The van der Waals surface area contributed by atoms with Crippen molar-refractivity contribution >= 4 is 27.7 Å². The monoisotopic (exact) mass is 384 g/mol. The highest BCUT2D eigenvalue weighted by Crippen LogP contribution is 2.36. The Bertz CT molecular complexity index is 420. The van der Waals surface area contributed by atoms with Gasteiger partial charge in [0, 0.05) is 9.38 Å². The molecule has 1 rings (SSSR count). The Labute approximate surface area is 148 Å². The van der Waals surface area contributed by atoms with Crippen LogP contribution in [0, 0.1) is 0 Å². The summed E-state index contributed by atoms with van der Waals surface area (Å²) in [6, 6.07) is 10.3. The van der Waals surface area contributed by atoms with Crippen LogP contribution >= 0.6 is 27.7 Å². The standard InChI is InChI=1S/C19H29BrOS/c1-3-5-10-14-19(21,15-11-6-4-2)18(20)16-22-17-12-8-7-9-13-17/h7-9,12-13,16,21H,3-6,10-11,14-15H2,1-2H3/b18-16-. The molecular weight excluding hydrogens is 356 g/mol. The van der Waals surface area contributed by atoms with E-state index in [-0.39, 0.29) is 0 Å². The van der Waals surface area contributed by atoms with Crippen molar-refractivity contribution < 1.29 is 5.11 Å². The second-order valence-electron chi connectivity index (χ2n) is 5.84. The number of hydrogen-bond donors (Lipinski definition) is 1. The summed E-state index contributed by atoms with van der Waals surface area (Å²) in [5.74, 6) is 0. The number of benzene rings is 1. The maximum atomic E-state index is 11.1. The molecule has 0 saturated carbocycles. The van der Waals surface area contributed by atoms with E-state index in [0.29, 0.717) is 0 Å². The Kier molecular flexibility index (Phi) is 10.2. The van der Waals surface area contributed by atoms with Gasteiger partial charge in [0.05, 0.1) is 5.60 Å². The zero-order valence-corrected chi connectivity index (χ0v) is 16.3. The van der Waals surface area contributed by atoms with E-state index in [4.69, 9.17) is 0 Å². The summed E-state index contributed by atoms with van der Waals surface area (Å²) in [5, 5.41) is 13.1. The van der Waals surface area contributed by atoms with Gasteiger partial charge in [0.1, 0.15) is 0 Å². The fourth-order valence-electron chi connectivity index (χ4n) is 2.43. The minimum atomic E-state index is -0.702. The topological polar surface area (TPSA) is 20.2 Å². The predicted molar refractivity (Wildman–Crippen MR) is 103 cm³/mol. The zero-order valence-electron chi connectivity index (χ0n) is 13.9. The molecule has 124 valence electrons. The van der Waals surface area contributed by atoms with E-state index >= 15 is 0 Å². The van der Waals surface area contributed by atoms with Crippen LogP contribution in [0.1, 0.15) is 65.2 Å². The molecule has 22 heavy (non-hydrogen) atoms. The number of hydrogen-bond acceptors (Lipinski definition) is 2. The molecule has 0 unspecified atom stereocenters. The van der Waals surface area contributed by atoms with Crippen LogP contribution in [-0.2, 0) is 0 Å².